The van der Waals surface area contributed by atoms with Gasteiger partial charge in [0.15, 0.2) is 0 Å². The van der Waals surface area contributed by atoms with Gasteiger partial charge in [0.1, 0.15) is 11.3 Å². The van der Waals surface area contributed by atoms with Crippen LogP contribution in [0.2, 0.25) is 10.0 Å². The van der Waals surface area contributed by atoms with Crippen molar-refractivity contribution in [2.24, 2.45) is 0 Å². The summed E-state index contributed by atoms with van der Waals surface area (Å²) in [7, 11) is 0. The Bertz CT molecular complexity index is 1100. The quantitative estimate of drug-likeness (QED) is 0.473. The normalized spacial score (nSPS) is 17.6. The molecule has 0 aliphatic carbocycles. The lowest BCUT2D eigenvalue weighted by Gasteiger charge is -2.30. The molecule has 2 N–H and O–H groups in total. The summed E-state index contributed by atoms with van der Waals surface area (Å²) in [4.78, 5) is 13.3. The third-order valence-electron chi connectivity index (χ3n) is 5.00. The van der Waals surface area contributed by atoms with Crippen molar-refractivity contribution >= 4 is 40.5 Å². The second-order valence-corrected chi connectivity index (χ2v) is 8.55. The van der Waals surface area contributed by atoms with Gasteiger partial charge in [0.2, 0.25) is 0 Å². The molecule has 1 atom stereocenters. The summed E-state index contributed by atoms with van der Waals surface area (Å²) in [6, 6.07) is 20.6. The lowest BCUT2D eigenvalue weighted by molar-refractivity contribution is -0.119. The molecular formula is C24H22Cl2N2O2. The Hall–Kier alpha value is -2.69. The van der Waals surface area contributed by atoms with Gasteiger partial charge in [0.25, 0.3) is 5.91 Å². The van der Waals surface area contributed by atoms with Gasteiger partial charge in [-0.1, -0.05) is 47.5 Å². The molecule has 1 unspecified atom stereocenters. The zero-order valence-electron chi connectivity index (χ0n) is 16.7. The summed E-state index contributed by atoms with van der Waals surface area (Å²) < 4.78 is 5.82. The molecule has 4 rings (SSSR count). The van der Waals surface area contributed by atoms with E-state index in [2.05, 4.69) is 10.6 Å². The molecular weight excluding hydrogens is 419 g/mol. The van der Waals surface area contributed by atoms with Crippen LogP contribution in [0.1, 0.15) is 25.0 Å². The Labute approximate surface area is 186 Å². The van der Waals surface area contributed by atoms with E-state index in [4.69, 9.17) is 27.9 Å². The Kier molecular flexibility index (Phi) is 5.63. The van der Waals surface area contributed by atoms with Crippen molar-refractivity contribution in [1.82, 2.24) is 0 Å². The number of halogens is 2. The average Bonchev–Trinajstić information content (AvgIpc) is 2.92. The molecule has 6 heteroatoms. The van der Waals surface area contributed by atoms with Crippen molar-refractivity contribution in [2.45, 2.75) is 31.9 Å². The van der Waals surface area contributed by atoms with Gasteiger partial charge in [-0.05, 0) is 55.8 Å². The van der Waals surface area contributed by atoms with Crippen LogP contribution in [0.3, 0.4) is 0 Å². The van der Waals surface area contributed by atoms with Gasteiger partial charge in [-0.15, -0.1) is 0 Å². The maximum atomic E-state index is 13.3. The SMILES string of the molecule is CC(C)Oc1cccc(NC2(Cc3cccc(Cl)c3)C(=O)Nc3cc(Cl)ccc32)c1. The Morgan fingerprint density at radius 3 is 2.53 bits per heavy atom. The molecule has 0 fully saturated rings. The fraction of sp³-hybridized carbons (Fsp3) is 0.208. The second-order valence-electron chi connectivity index (χ2n) is 7.68. The van der Waals surface area contributed by atoms with Crippen LogP contribution in [0.15, 0.2) is 66.7 Å². The molecule has 3 aromatic carbocycles. The Balaban J connectivity index is 1.79. The van der Waals surface area contributed by atoms with E-state index < -0.39 is 5.54 Å². The third-order valence-corrected chi connectivity index (χ3v) is 5.47. The van der Waals surface area contributed by atoms with Gasteiger partial charge in [-0.3, -0.25) is 4.79 Å². The highest BCUT2D eigenvalue weighted by Crippen LogP contribution is 2.42. The van der Waals surface area contributed by atoms with E-state index in [0.29, 0.717) is 22.2 Å². The Morgan fingerprint density at radius 2 is 1.77 bits per heavy atom. The van der Waals surface area contributed by atoms with Crippen LogP contribution in [0.5, 0.6) is 5.75 Å². The van der Waals surface area contributed by atoms with Crippen molar-refractivity contribution in [3.05, 3.63) is 87.9 Å². The van der Waals surface area contributed by atoms with Gasteiger partial charge in [-0.25, -0.2) is 0 Å². The second kappa shape index (κ2) is 8.21. The minimum absolute atomic E-state index is 0.0540. The number of hydrogen-bond acceptors (Lipinski definition) is 3. The van der Waals surface area contributed by atoms with Crippen LogP contribution in [0.25, 0.3) is 0 Å². The molecule has 3 aromatic rings. The van der Waals surface area contributed by atoms with E-state index in [9.17, 15) is 4.79 Å². The average molecular weight is 441 g/mol. The van der Waals surface area contributed by atoms with E-state index >= 15 is 0 Å². The smallest absolute Gasteiger partial charge is 0.255 e. The van der Waals surface area contributed by atoms with Crippen molar-refractivity contribution in [3.8, 4) is 5.75 Å². The third kappa shape index (κ3) is 4.11. The van der Waals surface area contributed by atoms with Crippen LogP contribution in [0, 0.1) is 0 Å². The lowest BCUT2D eigenvalue weighted by atomic mass is 9.84. The summed E-state index contributed by atoms with van der Waals surface area (Å²) in [5, 5.41) is 7.66. The molecule has 0 saturated heterocycles. The zero-order valence-corrected chi connectivity index (χ0v) is 18.2. The van der Waals surface area contributed by atoms with E-state index in [0.717, 1.165) is 22.6 Å². The number of nitrogens with one attached hydrogen (secondary N) is 2. The van der Waals surface area contributed by atoms with Crippen LogP contribution in [0.4, 0.5) is 11.4 Å². The van der Waals surface area contributed by atoms with Crippen LogP contribution >= 0.6 is 23.2 Å². The van der Waals surface area contributed by atoms with E-state index in [1.807, 2.05) is 68.4 Å². The van der Waals surface area contributed by atoms with Crippen molar-refractivity contribution < 1.29 is 9.53 Å². The van der Waals surface area contributed by atoms with E-state index in [1.54, 1.807) is 12.1 Å². The summed E-state index contributed by atoms with van der Waals surface area (Å²) in [6.07, 6.45) is 0.474. The summed E-state index contributed by atoms with van der Waals surface area (Å²) in [5.41, 5.74) is 2.26. The number of rotatable bonds is 6. The van der Waals surface area contributed by atoms with Crippen LogP contribution in [-0.4, -0.2) is 12.0 Å². The monoisotopic (exact) mass is 440 g/mol. The van der Waals surface area contributed by atoms with Gasteiger partial charge in [0.05, 0.1) is 6.10 Å². The molecule has 30 heavy (non-hydrogen) atoms. The number of hydrogen-bond donors (Lipinski definition) is 2. The molecule has 0 radical (unpaired) electrons. The lowest BCUT2D eigenvalue weighted by Crippen LogP contribution is -2.44. The highest BCUT2D eigenvalue weighted by Gasteiger charge is 2.47. The van der Waals surface area contributed by atoms with Crippen LogP contribution < -0.4 is 15.4 Å². The number of anilines is 2. The number of carbonyl (C=O) groups excluding carboxylic acids is 1. The van der Waals surface area contributed by atoms with Crippen molar-refractivity contribution in [1.29, 1.82) is 0 Å². The molecule has 4 nitrogen and oxygen atoms in total. The predicted octanol–water partition coefficient (Wildman–Crippen LogP) is 6.28. The number of amides is 1. The number of carbonyl (C=O) groups is 1. The largest absolute Gasteiger partial charge is 0.491 e. The van der Waals surface area contributed by atoms with E-state index in [1.165, 1.54) is 0 Å². The first kappa shape index (κ1) is 20.6. The molecule has 1 aliphatic rings. The number of ether oxygens (including phenoxy) is 1. The summed E-state index contributed by atoms with van der Waals surface area (Å²) in [5.74, 6) is 0.595. The van der Waals surface area contributed by atoms with Gasteiger partial charge in [-0.2, -0.15) is 0 Å². The standard InChI is InChI=1S/C24H22Cl2N2O2/c1-15(2)30-20-8-4-7-19(13-20)28-24(14-16-5-3-6-17(25)11-16)21-10-9-18(26)12-22(21)27-23(24)29/h3-13,15,28H,14H2,1-2H3,(H,27,29). The fourth-order valence-electron chi connectivity index (χ4n) is 3.81. The first-order valence-electron chi connectivity index (χ1n) is 9.76. The topological polar surface area (TPSA) is 50.4 Å². The van der Waals surface area contributed by atoms with Crippen LogP contribution in [-0.2, 0) is 16.8 Å². The molecule has 0 aromatic heterocycles. The molecule has 1 aliphatic heterocycles. The summed E-state index contributed by atoms with van der Waals surface area (Å²) >= 11 is 12.4. The highest BCUT2D eigenvalue weighted by molar-refractivity contribution is 6.31. The molecule has 0 bridgehead atoms. The van der Waals surface area contributed by atoms with Gasteiger partial charge < -0.3 is 15.4 Å². The molecule has 1 heterocycles. The molecule has 0 spiro atoms. The van der Waals surface area contributed by atoms with Crippen molar-refractivity contribution in [3.63, 3.8) is 0 Å². The molecule has 154 valence electrons. The molecule has 1 amide bonds. The van der Waals surface area contributed by atoms with Crippen molar-refractivity contribution in [2.75, 3.05) is 10.6 Å². The first-order valence-corrected chi connectivity index (χ1v) is 10.5. The highest BCUT2D eigenvalue weighted by atomic mass is 35.5. The maximum absolute atomic E-state index is 13.3. The zero-order chi connectivity index (χ0) is 21.3. The molecule has 0 saturated carbocycles. The minimum atomic E-state index is -1.01. The number of fused-ring (bicyclic) bond motifs is 1. The van der Waals surface area contributed by atoms with E-state index in [-0.39, 0.29) is 12.0 Å². The first-order chi connectivity index (χ1) is 14.4. The fourth-order valence-corrected chi connectivity index (χ4v) is 4.19. The number of benzene rings is 3. The minimum Gasteiger partial charge on any atom is -0.491 e. The summed E-state index contributed by atoms with van der Waals surface area (Å²) in [6.45, 7) is 3.95. The predicted molar refractivity (Wildman–Crippen MR) is 123 cm³/mol. The van der Waals surface area contributed by atoms with Gasteiger partial charge >= 0.3 is 0 Å². The van der Waals surface area contributed by atoms with Gasteiger partial charge in [0, 0.05) is 39.5 Å². The Morgan fingerprint density at radius 1 is 1.00 bits per heavy atom. The maximum Gasteiger partial charge on any atom is 0.255 e.